The van der Waals surface area contributed by atoms with E-state index in [1.807, 2.05) is 0 Å². The van der Waals surface area contributed by atoms with Crippen molar-refractivity contribution in [2.45, 2.75) is 23.5 Å². The number of amides is 1. The summed E-state index contributed by atoms with van der Waals surface area (Å²) >= 11 is 12.3. The molecule has 0 aliphatic carbocycles. The smallest absolute Gasteiger partial charge is 0.261 e. The lowest BCUT2D eigenvalue weighted by Crippen LogP contribution is -2.44. The minimum Gasteiger partial charge on any atom is -0.497 e. The fourth-order valence-corrected chi connectivity index (χ4v) is 7.61. The molecule has 1 atom stereocenters. The van der Waals surface area contributed by atoms with E-state index in [9.17, 15) is 21.6 Å². The summed E-state index contributed by atoms with van der Waals surface area (Å²) in [4.78, 5) is 13.0. The highest BCUT2D eigenvalue weighted by molar-refractivity contribution is 7.92. The minimum atomic E-state index is -3.85. The molecule has 13 heteroatoms. The van der Waals surface area contributed by atoms with E-state index in [-0.39, 0.29) is 33.1 Å². The van der Waals surface area contributed by atoms with Gasteiger partial charge in [-0.1, -0.05) is 29.3 Å². The van der Waals surface area contributed by atoms with E-state index in [0.717, 1.165) is 0 Å². The first-order chi connectivity index (χ1) is 18.5. The van der Waals surface area contributed by atoms with Gasteiger partial charge in [0.25, 0.3) is 10.0 Å². The second kappa shape index (κ2) is 12.1. The molecule has 1 amide bonds. The number of methoxy groups -OCH3 is 1. The molecule has 0 aromatic heterocycles. The number of ether oxygens (including phenoxy) is 1. The molecule has 208 valence electrons. The first-order valence-corrected chi connectivity index (χ1v) is 15.8. The molecule has 4 rings (SSSR count). The summed E-state index contributed by atoms with van der Waals surface area (Å²) < 4.78 is 60.5. The van der Waals surface area contributed by atoms with Crippen LogP contribution in [-0.2, 0) is 30.6 Å². The van der Waals surface area contributed by atoms with Gasteiger partial charge in [0.2, 0.25) is 15.9 Å². The van der Waals surface area contributed by atoms with Crippen molar-refractivity contribution in [2.75, 3.05) is 30.2 Å². The van der Waals surface area contributed by atoms with Gasteiger partial charge in [-0.05, 0) is 73.5 Å². The van der Waals surface area contributed by atoms with Gasteiger partial charge in [-0.2, -0.15) is 0 Å². The number of nitrogens with one attached hydrogen (secondary N) is 2. The second-order valence-electron chi connectivity index (χ2n) is 9.00. The lowest BCUT2D eigenvalue weighted by atomic mass is 9.99. The summed E-state index contributed by atoms with van der Waals surface area (Å²) in [6.07, 6.45) is 1.03. The number of anilines is 2. The number of piperidine rings is 1. The molecular weight excluding hydrogens is 585 g/mol. The summed E-state index contributed by atoms with van der Waals surface area (Å²) in [7, 11) is -6.10. The Kier molecular flexibility index (Phi) is 9.07. The summed E-state index contributed by atoms with van der Waals surface area (Å²) in [5.41, 5.74) is 1.09. The second-order valence-corrected chi connectivity index (χ2v) is 13.5. The molecule has 9 nitrogen and oxygen atoms in total. The molecule has 1 aliphatic heterocycles. The van der Waals surface area contributed by atoms with Crippen LogP contribution in [0.25, 0.3) is 0 Å². The van der Waals surface area contributed by atoms with Crippen LogP contribution < -0.4 is 14.8 Å². The lowest BCUT2D eigenvalue weighted by Gasteiger charge is -2.31. The minimum absolute atomic E-state index is 0.0180. The van der Waals surface area contributed by atoms with Crippen molar-refractivity contribution in [2.24, 2.45) is 5.92 Å². The predicted octanol–water partition coefficient (Wildman–Crippen LogP) is 4.98. The highest BCUT2D eigenvalue weighted by Crippen LogP contribution is 2.29. The van der Waals surface area contributed by atoms with Crippen LogP contribution in [0, 0.1) is 5.92 Å². The first kappa shape index (κ1) is 29.2. The zero-order valence-corrected chi connectivity index (χ0v) is 24.1. The lowest BCUT2D eigenvalue weighted by molar-refractivity contribution is -0.120. The summed E-state index contributed by atoms with van der Waals surface area (Å²) in [5, 5.41) is 3.29. The van der Waals surface area contributed by atoms with Crippen molar-refractivity contribution in [1.82, 2.24) is 4.31 Å². The third-order valence-electron chi connectivity index (χ3n) is 6.31. The SMILES string of the molecule is COc1ccc(NS(=O)(=O)c2ccc(NC(=O)[C@H]3CCCN(S(=O)(=O)Cc4c(Cl)cccc4Cl)C3)cc2)cc1. The van der Waals surface area contributed by atoms with Crippen molar-refractivity contribution in [3.8, 4) is 5.75 Å². The highest BCUT2D eigenvalue weighted by Gasteiger charge is 2.33. The number of sulfonamides is 2. The van der Waals surface area contributed by atoms with Crippen molar-refractivity contribution in [3.63, 3.8) is 0 Å². The van der Waals surface area contributed by atoms with Gasteiger partial charge in [-0.3, -0.25) is 9.52 Å². The standard InChI is InChI=1S/C26H27Cl2N3O6S2/c1-37-21-11-7-20(8-12-21)30-39(35,36)22-13-9-19(10-14-22)29-26(32)18-4-3-15-31(16-18)38(33,34)17-23-24(27)5-2-6-25(23)28/h2,5-14,18,30H,3-4,15-17H2,1H3,(H,29,32)/t18-/m0/s1. The van der Waals surface area contributed by atoms with Gasteiger partial charge in [0.05, 0.1) is 23.7 Å². The maximum atomic E-state index is 13.1. The molecule has 1 heterocycles. The van der Waals surface area contributed by atoms with Crippen molar-refractivity contribution >= 4 is 60.5 Å². The molecule has 2 N–H and O–H groups in total. The summed E-state index contributed by atoms with van der Waals surface area (Å²) in [6, 6.07) is 17.0. The number of hydrogen-bond acceptors (Lipinski definition) is 6. The van der Waals surface area contributed by atoms with Crippen LogP contribution in [0.2, 0.25) is 10.0 Å². The van der Waals surface area contributed by atoms with Crippen LogP contribution in [-0.4, -0.2) is 47.2 Å². The third-order valence-corrected chi connectivity index (χ3v) is 10.2. The van der Waals surface area contributed by atoms with Crippen molar-refractivity contribution < 1.29 is 26.4 Å². The number of nitrogens with zero attached hydrogens (tertiary/aromatic N) is 1. The van der Waals surface area contributed by atoms with E-state index >= 15 is 0 Å². The van der Waals surface area contributed by atoms with Gasteiger partial charge in [0, 0.05) is 40.1 Å². The van der Waals surface area contributed by atoms with Crippen LogP contribution in [0.4, 0.5) is 11.4 Å². The van der Waals surface area contributed by atoms with E-state index in [1.54, 1.807) is 42.5 Å². The number of carbonyl (C=O) groups excluding carboxylic acids is 1. The number of hydrogen-bond donors (Lipinski definition) is 2. The van der Waals surface area contributed by atoms with Crippen molar-refractivity contribution in [3.05, 3.63) is 82.3 Å². The third kappa shape index (κ3) is 7.23. The van der Waals surface area contributed by atoms with Crippen LogP contribution in [0.1, 0.15) is 18.4 Å². The molecule has 1 fully saturated rings. The average Bonchev–Trinajstić information content (AvgIpc) is 2.91. The maximum absolute atomic E-state index is 13.1. The topological polar surface area (TPSA) is 122 Å². The Morgan fingerprint density at radius 1 is 0.949 bits per heavy atom. The maximum Gasteiger partial charge on any atom is 0.261 e. The van der Waals surface area contributed by atoms with Gasteiger partial charge in [0.15, 0.2) is 0 Å². The molecule has 3 aromatic rings. The Hall–Kier alpha value is -2.83. The van der Waals surface area contributed by atoms with Gasteiger partial charge < -0.3 is 10.1 Å². The molecule has 1 aliphatic rings. The summed E-state index contributed by atoms with van der Waals surface area (Å²) in [5.74, 6) is -0.685. The van der Waals surface area contributed by atoms with Gasteiger partial charge in [0.1, 0.15) is 5.75 Å². The van der Waals surface area contributed by atoms with Gasteiger partial charge in [-0.15, -0.1) is 0 Å². The fourth-order valence-electron chi connectivity index (χ4n) is 4.19. The van der Waals surface area contributed by atoms with Crippen LogP contribution in [0.5, 0.6) is 5.75 Å². The number of benzene rings is 3. The Labute approximate surface area is 238 Å². The molecular formula is C26H27Cl2N3O6S2. The highest BCUT2D eigenvalue weighted by atomic mass is 35.5. The van der Waals surface area contributed by atoms with Crippen molar-refractivity contribution in [1.29, 1.82) is 0 Å². The van der Waals surface area contributed by atoms with Crippen LogP contribution in [0.15, 0.2) is 71.6 Å². The number of rotatable bonds is 9. The molecule has 3 aromatic carbocycles. The molecule has 0 unspecified atom stereocenters. The quantitative estimate of drug-likeness (QED) is 0.352. The normalized spacial score (nSPS) is 16.4. The first-order valence-electron chi connectivity index (χ1n) is 12.0. The summed E-state index contributed by atoms with van der Waals surface area (Å²) in [6.45, 7) is 0.316. The average molecular weight is 613 g/mol. The molecule has 0 radical (unpaired) electrons. The molecule has 0 spiro atoms. The predicted molar refractivity (Wildman–Crippen MR) is 152 cm³/mol. The Morgan fingerprint density at radius 3 is 2.18 bits per heavy atom. The van der Waals surface area contributed by atoms with Crippen LogP contribution >= 0.6 is 23.2 Å². The fraction of sp³-hybridized carbons (Fsp3) is 0.269. The molecule has 0 saturated carbocycles. The molecule has 1 saturated heterocycles. The molecule has 0 bridgehead atoms. The van der Waals surface area contributed by atoms with E-state index in [1.165, 1.54) is 35.7 Å². The Balaban J connectivity index is 1.38. The van der Waals surface area contributed by atoms with Gasteiger partial charge in [-0.25, -0.2) is 21.1 Å². The monoisotopic (exact) mass is 611 g/mol. The largest absolute Gasteiger partial charge is 0.497 e. The number of halogens is 2. The number of carbonyl (C=O) groups is 1. The zero-order chi connectivity index (χ0) is 28.2. The van der Waals surface area contributed by atoms with Gasteiger partial charge >= 0.3 is 0 Å². The Bertz CT molecular complexity index is 1530. The van der Waals surface area contributed by atoms with E-state index in [0.29, 0.717) is 42.1 Å². The molecule has 39 heavy (non-hydrogen) atoms. The van der Waals surface area contributed by atoms with Crippen LogP contribution in [0.3, 0.4) is 0 Å². The zero-order valence-electron chi connectivity index (χ0n) is 20.9. The van der Waals surface area contributed by atoms with E-state index in [2.05, 4.69) is 10.0 Å². The Morgan fingerprint density at radius 2 is 1.56 bits per heavy atom. The van der Waals surface area contributed by atoms with E-state index in [4.69, 9.17) is 27.9 Å². The van der Waals surface area contributed by atoms with E-state index < -0.39 is 26.0 Å².